The highest BCUT2D eigenvalue weighted by atomic mass is 79.9. The molecule has 1 aliphatic rings. The van der Waals surface area contributed by atoms with E-state index in [2.05, 4.69) is 41.9 Å². The normalized spacial score (nSPS) is 13.4. The summed E-state index contributed by atoms with van der Waals surface area (Å²) in [6.45, 7) is 3.55. The Bertz CT molecular complexity index is 1170. The molecule has 1 aliphatic heterocycles. The van der Waals surface area contributed by atoms with E-state index in [4.69, 9.17) is 0 Å². The van der Waals surface area contributed by atoms with E-state index in [0.29, 0.717) is 43.1 Å². The van der Waals surface area contributed by atoms with E-state index in [1.165, 1.54) is 18.6 Å². The van der Waals surface area contributed by atoms with Crippen LogP contribution in [0.5, 0.6) is 0 Å². The van der Waals surface area contributed by atoms with Crippen molar-refractivity contribution in [3.05, 3.63) is 69.8 Å². The highest BCUT2D eigenvalue weighted by Gasteiger charge is 2.32. The average Bonchev–Trinajstić information content (AvgIpc) is 2.79. The van der Waals surface area contributed by atoms with Gasteiger partial charge in [0.15, 0.2) is 0 Å². The van der Waals surface area contributed by atoms with Crippen LogP contribution in [0.1, 0.15) is 29.4 Å². The summed E-state index contributed by atoms with van der Waals surface area (Å²) in [5, 5.41) is 9.56. The zero-order valence-electron chi connectivity index (χ0n) is 17.1. The Labute approximate surface area is 191 Å². The van der Waals surface area contributed by atoms with Gasteiger partial charge in [0, 0.05) is 36.1 Å². The summed E-state index contributed by atoms with van der Waals surface area (Å²) < 4.78 is 39.6. The van der Waals surface area contributed by atoms with E-state index in [9.17, 15) is 18.4 Å². The first-order chi connectivity index (χ1) is 15.3. The molecule has 0 amide bonds. The third-order valence-corrected chi connectivity index (χ3v) is 5.81. The average molecular weight is 503 g/mol. The van der Waals surface area contributed by atoms with Gasteiger partial charge in [-0.2, -0.15) is 18.4 Å². The molecule has 4 rings (SSSR count). The molecule has 10 heteroatoms. The van der Waals surface area contributed by atoms with Crippen molar-refractivity contribution in [3.8, 4) is 6.07 Å². The highest BCUT2D eigenvalue weighted by Crippen LogP contribution is 2.35. The highest BCUT2D eigenvalue weighted by molar-refractivity contribution is 9.10. The summed E-state index contributed by atoms with van der Waals surface area (Å²) in [6, 6.07) is 10.2. The van der Waals surface area contributed by atoms with Crippen LogP contribution in [0.15, 0.2) is 47.3 Å². The van der Waals surface area contributed by atoms with Crippen molar-refractivity contribution in [1.29, 1.82) is 5.26 Å². The maximum atomic E-state index is 12.9. The Kier molecular flexibility index (Phi) is 6.02. The van der Waals surface area contributed by atoms with Crippen molar-refractivity contribution >= 4 is 33.1 Å². The molecule has 2 aromatic heterocycles. The Morgan fingerprint density at radius 1 is 1.19 bits per heavy atom. The minimum atomic E-state index is -4.49. The molecule has 0 fully saturated rings. The fraction of sp³-hybridized carbons (Fsp3) is 0.273. The third-order valence-electron chi connectivity index (χ3n) is 5.32. The fourth-order valence-corrected chi connectivity index (χ4v) is 4.17. The van der Waals surface area contributed by atoms with E-state index < -0.39 is 11.9 Å². The van der Waals surface area contributed by atoms with Crippen molar-refractivity contribution in [2.24, 2.45) is 0 Å². The zero-order chi connectivity index (χ0) is 22.9. The predicted octanol–water partition coefficient (Wildman–Crippen LogP) is 5.25. The van der Waals surface area contributed by atoms with Crippen LogP contribution in [0.3, 0.4) is 0 Å². The molecule has 0 saturated carbocycles. The number of fused-ring (bicyclic) bond motifs is 1. The van der Waals surface area contributed by atoms with E-state index in [1.807, 2.05) is 24.0 Å². The van der Waals surface area contributed by atoms with E-state index >= 15 is 0 Å². The molecule has 0 unspecified atom stereocenters. The van der Waals surface area contributed by atoms with Crippen molar-refractivity contribution < 1.29 is 13.2 Å². The number of pyridine rings is 1. The lowest BCUT2D eigenvalue weighted by molar-refractivity contribution is -0.141. The van der Waals surface area contributed by atoms with Gasteiger partial charge >= 0.3 is 6.18 Å². The number of nitriles is 1. The first kappa shape index (κ1) is 22.0. The van der Waals surface area contributed by atoms with E-state index in [0.717, 1.165) is 27.5 Å². The van der Waals surface area contributed by atoms with Crippen LogP contribution in [0.4, 0.5) is 30.4 Å². The summed E-state index contributed by atoms with van der Waals surface area (Å²) in [5.41, 5.74) is 2.72. The molecule has 0 radical (unpaired) electrons. The predicted molar refractivity (Wildman–Crippen MR) is 118 cm³/mol. The Morgan fingerprint density at radius 2 is 2.00 bits per heavy atom. The lowest BCUT2D eigenvalue weighted by atomic mass is 10.0. The van der Waals surface area contributed by atoms with Gasteiger partial charge in [-0.15, -0.1) is 0 Å². The van der Waals surface area contributed by atoms with Crippen LogP contribution in [0, 0.1) is 11.3 Å². The smallest absolute Gasteiger partial charge is 0.366 e. The first-order valence-electron chi connectivity index (χ1n) is 9.90. The summed E-state index contributed by atoms with van der Waals surface area (Å²) in [6.07, 6.45) is -1.14. The number of rotatable bonds is 4. The quantitative estimate of drug-likeness (QED) is 0.485. The van der Waals surface area contributed by atoms with E-state index in [1.54, 1.807) is 6.07 Å². The van der Waals surface area contributed by atoms with Crippen LogP contribution in [0.2, 0.25) is 0 Å². The monoisotopic (exact) mass is 502 g/mol. The van der Waals surface area contributed by atoms with E-state index in [-0.39, 0.29) is 0 Å². The molecule has 0 N–H and O–H groups in total. The van der Waals surface area contributed by atoms with Crippen LogP contribution in [-0.2, 0) is 19.1 Å². The maximum Gasteiger partial charge on any atom is 0.433 e. The number of hydrogen-bond donors (Lipinski definition) is 0. The van der Waals surface area contributed by atoms with Crippen molar-refractivity contribution in [2.75, 3.05) is 22.9 Å². The third kappa shape index (κ3) is 4.25. The lowest BCUT2D eigenvalue weighted by Gasteiger charge is -2.33. The molecule has 6 nitrogen and oxygen atoms in total. The molecule has 0 bridgehead atoms. The number of halogens is 4. The summed E-state index contributed by atoms with van der Waals surface area (Å²) in [7, 11) is 0. The van der Waals surface area contributed by atoms with Crippen molar-refractivity contribution in [1.82, 2.24) is 15.0 Å². The number of alkyl halides is 3. The second-order valence-corrected chi connectivity index (χ2v) is 8.13. The second kappa shape index (κ2) is 8.74. The van der Waals surface area contributed by atoms with Gasteiger partial charge in [-0.05, 0) is 37.3 Å². The van der Waals surface area contributed by atoms with Crippen molar-refractivity contribution in [2.45, 2.75) is 26.1 Å². The van der Waals surface area contributed by atoms with Crippen LogP contribution >= 0.6 is 15.9 Å². The molecule has 32 heavy (non-hydrogen) atoms. The van der Waals surface area contributed by atoms with Gasteiger partial charge in [-0.3, -0.25) is 0 Å². The van der Waals surface area contributed by atoms with Gasteiger partial charge in [0.2, 0.25) is 0 Å². The number of aromatic nitrogens is 3. The Balaban J connectivity index is 1.70. The van der Waals surface area contributed by atoms with Gasteiger partial charge in [0.1, 0.15) is 23.9 Å². The van der Waals surface area contributed by atoms with Gasteiger partial charge in [0.05, 0.1) is 28.8 Å². The minimum Gasteiger partial charge on any atom is -0.366 e. The summed E-state index contributed by atoms with van der Waals surface area (Å²) in [5.74, 6) is 0.624. The fourth-order valence-electron chi connectivity index (χ4n) is 3.81. The van der Waals surface area contributed by atoms with Gasteiger partial charge in [-0.1, -0.05) is 15.9 Å². The molecule has 3 aromatic rings. The maximum absolute atomic E-state index is 12.9. The number of anilines is 3. The van der Waals surface area contributed by atoms with Crippen molar-refractivity contribution in [3.63, 3.8) is 0 Å². The number of hydrogen-bond acceptors (Lipinski definition) is 6. The molecule has 0 spiro atoms. The molecule has 1 aromatic carbocycles. The standard InChI is InChI=1S/C22H18BrF3N6/c1-2-32(16-4-6-20(28-11-16)22(24,25)26)21-17-12-31(8-7-18(17)29-13-30-21)19-5-3-15(23)9-14(19)10-27/h3-6,9,11,13H,2,7-8,12H2,1H3. The van der Waals surface area contributed by atoms with Gasteiger partial charge in [-0.25, -0.2) is 15.0 Å². The second-order valence-electron chi connectivity index (χ2n) is 7.21. The van der Waals surface area contributed by atoms with Crippen LogP contribution in [0.25, 0.3) is 0 Å². The topological polar surface area (TPSA) is 68.9 Å². The number of benzene rings is 1. The molecule has 0 atom stereocenters. The van der Waals surface area contributed by atoms with Gasteiger partial charge < -0.3 is 9.80 Å². The summed E-state index contributed by atoms with van der Waals surface area (Å²) >= 11 is 3.40. The molecule has 0 aliphatic carbocycles. The lowest BCUT2D eigenvalue weighted by Crippen LogP contribution is -2.33. The Morgan fingerprint density at radius 3 is 2.66 bits per heavy atom. The molecular formula is C22H18BrF3N6. The molecule has 0 saturated heterocycles. The first-order valence-corrected chi connectivity index (χ1v) is 10.7. The summed E-state index contributed by atoms with van der Waals surface area (Å²) in [4.78, 5) is 16.4. The minimum absolute atomic E-state index is 0.479. The number of nitrogens with zero attached hydrogens (tertiary/aromatic N) is 6. The molecule has 3 heterocycles. The van der Waals surface area contributed by atoms with Gasteiger partial charge in [0.25, 0.3) is 0 Å². The SMILES string of the molecule is CCN(c1ccc(C(F)(F)F)nc1)c1ncnc2c1CN(c1ccc(Br)cc1C#N)CC2. The molecular weight excluding hydrogens is 485 g/mol. The molecule has 164 valence electrons. The zero-order valence-corrected chi connectivity index (χ0v) is 18.7. The van der Waals surface area contributed by atoms with Crippen LogP contribution < -0.4 is 9.80 Å². The Hall–Kier alpha value is -3.19. The largest absolute Gasteiger partial charge is 0.433 e. The van der Waals surface area contributed by atoms with Crippen LogP contribution in [-0.4, -0.2) is 28.0 Å².